The van der Waals surface area contributed by atoms with E-state index in [4.69, 9.17) is 4.74 Å². The van der Waals surface area contributed by atoms with Gasteiger partial charge in [-0.05, 0) is 37.1 Å². The predicted octanol–water partition coefficient (Wildman–Crippen LogP) is 3.87. The van der Waals surface area contributed by atoms with E-state index in [0.29, 0.717) is 18.7 Å². The van der Waals surface area contributed by atoms with E-state index in [1.807, 2.05) is 54.6 Å². The highest BCUT2D eigenvalue weighted by atomic mass is 35.5. The van der Waals surface area contributed by atoms with Gasteiger partial charge in [0.2, 0.25) is 5.91 Å². The van der Waals surface area contributed by atoms with E-state index in [2.05, 4.69) is 10.6 Å². The van der Waals surface area contributed by atoms with Crippen LogP contribution in [0.2, 0.25) is 0 Å². The zero-order chi connectivity index (χ0) is 20.5. The lowest BCUT2D eigenvalue weighted by molar-refractivity contribution is -0.122. The first-order valence-electron chi connectivity index (χ1n) is 10.3. The summed E-state index contributed by atoms with van der Waals surface area (Å²) in [5.74, 6) is -0.0819. The van der Waals surface area contributed by atoms with Gasteiger partial charge >= 0.3 is 0 Å². The molecule has 1 amide bonds. The van der Waals surface area contributed by atoms with Crippen LogP contribution in [0.3, 0.4) is 0 Å². The lowest BCUT2D eigenvalue weighted by Crippen LogP contribution is -2.47. The first kappa shape index (κ1) is 24.1. The number of benzene rings is 2. The molecule has 1 fully saturated rings. The first-order valence-corrected chi connectivity index (χ1v) is 10.3. The Kier molecular flexibility index (Phi) is 9.50. The molecular formula is C24H31ClN2O3. The number of methoxy groups -OCH3 is 1. The van der Waals surface area contributed by atoms with Crippen molar-refractivity contribution in [2.45, 2.75) is 25.7 Å². The van der Waals surface area contributed by atoms with Crippen molar-refractivity contribution >= 4 is 24.1 Å². The molecule has 1 saturated heterocycles. The highest BCUT2D eigenvalue weighted by Crippen LogP contribution is 2.28. The Labute approximate surface area is 185 Å². The second-order valence-corrected chi connectivity index (χ2v) is 7.83. The molecule has 0 radical (unpaired) electrons. The molecule has 0 aromatic heterocycles. The van der Waals surface area contributed by atoms with Gasteiger partial charge in [0, 0.05) is 37.5 Å². The number of rotatable bonds is 9. The highest BCUT2D eigenvalue weighted by molar-refractivity contribution is 5.98. The number of nitrogens with one attached hydrogen (secondary N) is 2. The Morgan fingerprint density at radius 1 is 0.967 bits per heavy atom. The molecule has 2 aromatic carbocycles. The summed E-state index contributed by atoms with van der Waals surface area (Å²) in [7, 11) is 1.70. The average Bonchev–Trinajstić information content (AvgIpc) is 2.78. The Balaban J connectivity index is 0.00000320. The van der Waals surface area contributed by atoms with Crippen molar-refractivity contribution in [1.29, 1.82) is 0 Å². The summed E-state index contributed by atoms with van der Waals surface area (Å²) in [5.41, 5.74) is 2.83. The van der Waals surface area contributed by atoms with Crippen molar-refractivity contribution in [3.05, 3.63) is 60.2 Å². The summed E-state index contributed by atoms with van der Waals surface area (Å²) < 4.78 is 5.38. The summed E-state index contributed by atoms with van der Waals surface area (Å²) >= 11 is 0. The van der Waals surface area contributed by atoms with Crippen LogP contribution in [0.25, 0.3) is 11.1 Å². The fraction of sp³-hybridized carbons (Fsp3) is 0.417. The van der Waals surface area contributed by atoms with Crippen molar-refractivity contribution in [3.8, 4) is 11.1 Å². The third-order valence-electron chi connectivity index (χ3n) is 5.67. The van der Waals surface area contributed by atoms with E-state index in [1.165, 1.54) is 0 Å². The number of carbonyl (C=O) groups excluding carboxylic acids is 2. The molecule has 6 heteroatoms. The molecule has 5 nitrogen and oxygen atoms in total. The zero-order valence-electron chi connectivity index (χ0n) is 17.5. The quantitative estimate of drug-likeness (QED) is 0.592. The Bertz CT molecular complexity index is 797. The maximum absolute atomic E-state index is 12.5. The molecule has 0 bridgehead atoms. The van der Waals surface area contributed by atoms with Crippen molar-refractivity contribution in [2.24, 2.45) is 5.41 Å². The number of halogens is 1. The van der Waals surface area contributed by atoms with Crippen LogP contribution >= 0.6 is 12.4 Å². The number of hydrogen-bond acceptors (Lipinski definition) is 4. The minimum Gasteiger partial charge on any atom is -0.384 e. The Morgan fingerprint density at radius 2 is 1.60 bits per heavy atom. The van der Waals surface area contributed by atoms with Crippen molar-refractivity contribution in [1.82, 2.24) is 10.6 Å². The van der Waals surface area contributed by atoms with E-state index in [1.54, 1.807) is 7.11 Å². The van der Waals surface area contributed by atoms with Crippen LogP contribution in [0.15, 0.2) is 54.6 Å². The monoisotopic (exact) mass is 430 g/mol. The molecule has 0 spiro atoms. The number of ether oxygens (including phenoxy) is 1. The van der Waals surface area contributed by atoms with Crippen LogP contribution in [0.1, 0.15) is 36.0 Å². The molecule has 162 valence electrons. The van der Waals surface area contributed by atoms with Gasteiger partial charge in [-0.1, -0.05) is 54.6 Å². The summed E-state index contributed by atoms with van der Waals surface area (Å²) in [5, 5.41) is 6.36. The molecule has 1 aliphatic heterocycles. The molecule has 0 saturated carbocycles. The fourth-order valence-electron chi connectivity index (χ4n) is 3.86. The van der Waals surface area contributed by atoms with Gasteiger partial charge in [0.25, 0.3) is 0 Å². The van der Waals surface area contributed by atoms with Crippen molar-refractivity contribution < 1.29 is 14.3 Å². The van der Waals surface area contributed by atoms with Crippen LogP contribution in [-0.2, 0) is 9.53 Å². The van der Waals surface area contributed by atoms with E-state index in [9.17, 15) is 9.59 Å². The molecule has 0 unspecified atom stereocenters. The largest absolute Gasteiger partial charge is 0.384 e. The van der Waals surface area contributed by atoms with Gasteiger partial charge < -0.3 is 15.4 Å². The first-order chi connectivity index (χ1) is 14.1. The molecule has 0 atom stereocenters. The lowest BCUT2D eigenvalue weighted by Gasteiger charge is -2.37. The smallest absolute Gasteiger partial charge is 0.220 e. The molecule has 1 aliphatic rings. The standard InChI is InChI=1S/C24H30N2O3.ClH/c1-29-18-24(13-15-25-16-14-24)17-26-23(28)12-11-22(27)21-9-7-20(8-10-21)19-5-3-2-4-6-19;/h2-10,25H,11-18H2,1H3,(H,26,28);1H. The third kappa shape index (κ3) is 6.66. The second-order valence-electron chi connectivity index (χ2n) is 7.83. The van der Waals surface area contributed by atoms with Crippen LogP contribution in [0.4, 0.5) is 0 Å². The highest BCUT2D eigenvalue weighted by Gasteiger charge is 2.32. The maximum Gasteiger partial charge on any atom is 0.220 e. The second kappa shape index (κ2) is 11.8. The average molecular weight is 431 g/mol. The Hall–Kier alpha value is -2.21. The minimum atomic E-state index is -0.0757. The third-order valence-corrected chi connectivity index (χ3v) is 5.67. The number of Topliss-reactive ketones (excluding diaryl/α,β-unsaturated/α-hetero) is 1. The van der Waals surface area contributed by atoms with Crippen LogP contribution in [0, 0.1) is 5.41 Å². The fourth-order valence-corrected chi connectivity index (χ4v) is 3.86. The van der Waals surface area contributed by atoms with E-state index in [0.717, 1.165) is 37.1 Å². The maximum atomic E-state index is 12.5. The van der Waals surface area contributed by atoms with Crippen molar-refractivity contribution in [3.63, 3.8) is 0 Å². The minimum absolute atomic E-state index is 0. The molecule has 3 rings (SSSR count). The molecule has 2 aromatic rings. The molecule has 2 N–H and O–H groups in total. The zero-order valence-corrected chi connectivity index (χ0v) is 18.3. The summed E-state index contributed by atoms with van der Waals surface area (Å²) in [6.07, 6.45) is 2.39. The SMILES string of the molecule is COCC1(CNC(=O)CCC(=O)c2ccc(-c3ccccc3)cc2)CCNCC1.Cl. The number of hydrogen-bond donors (Lipinski definition) is 2. The molecule has 30 heavy (non-hydrogen) atoms. The molecule has 1 heterocycles. The van der Waals surface area contributed by atoms with E-state index >= 15 is 0 Å². The van der Waals surface area contributed by atoms with Gasteiger partial charge in [0.05, 0.1) is 6.61 Å². The number of carbonyl (C=O) groups is 2. The van der Waals surface area contributed by atoms with Crippen LogP contribution in [0.5, 0.6) is 0 Å². The van der Waals surface area contributed by atoms with Gasteiger partial charge in [0.1, 0.15) is 0 Å². The topological polar surface area (TPSA) is 67.4 Å². The summed E-state index contributed by atoms with van der Waals surface area (Å²) in [4.78, 5) is 24.7. The number of amides is 1. The molecule has 0 aliphatic carbocycles. The summed E-state index contributed by atoms with van der Waals surface area (Å²) in [6.45, 7) is 3.12. The predicted molar refractivity (Wildman–Crippen MR) is 122 cm³/mol. The van der Waals surface area contributed by atoms with Crippen molar-refractivity contribution in [2.75, 3.05) is 33.4 Å². The summed E-state index contributed by atoms with van der Waals surface area (Å²) in [6, 6.07) is 17.6. The van der Waals surface area contributed by atoms with Crippen LogP contribution < -0.4 is 10.6 Å². The van der Waals surface area contributed by atoms with Gasteiger partial charge in [-0.3, -0.25) is 9.59 Å². The van der Waals surface area contributed by atoms with Gasteiger partial charge in [-0.2, -0.15) is 0 Å². The Morgan fingerprint density at radius 3 is 2.23 bits per heavy atom. The van der Waals surface area contributed by atoms with Gasteiger partial charge in [-0.25, -0.2) is 0 Å². The van der Waals surface area contributed by atoms with E-state index in [-0.39, 0.29) is 42.4 Å². The normalized spacial score (nSPS) is 15.1. The van der Waals surface area contributed by atoms with Gasteiger partial charge in [-0.15, -0.1) is 12.4 Å². The van der Waals surface area contributed by atoms with E-state index < -0.39 is 0 Å². The van der Waals surface area contributed by atoms with Gasteiger partial charge in [0.15, 0.2) is 5.78 Å². The lowest BCUT2D eigenvalue weighted by atomic mass is 9.79. The van der Waals surface area contributed by atoms with Crippen LogP contribution in [-0.4, -0.2) is 45.0 Å². The number of ketones is 1. The number of piperidine rings is 1. The molecular weight excluding hydrogens is 400 g/mol.